The van der Waals surface area contributed by atoms with E-state index in [4.69, 9.17) is 14.7 Å². The minimum atomic E-state index is 0.627. The van der Waals surface area contributed by atoms with Gasteiger partial charge in [0.25, 0.3) is 0 Å². The minimum absolute atomic E-state index is 0.627. The maximum Gasteiger partial charge on any atom is 0.197 e. The quantitative estimate of drug-likeness (QED) is 0.581. The van der Waals surface area contributed by atoms with Crippen LogP contribution in [0.25, 0.3) is 16.9 Å². The average molecular weight is 359 g/mol. The van der Waals surface area contributed by atoms with Crippen molar-refractivity contribution in [3.63, 3.8) is 0 Å². The largest absolute Gasteiger partial charge is 0.495 e. The van der Waals surface area contributed by atoms with Gasteiger partial charge in [0, 0.05) is 5.69 Å². The van der Waals surface area contributed by atoms with Crippen molar-refractivity contribution < 1.29 is 4.74 Å². The van der Waals surface area contributed by atoms with Crippen molar-refractivity contribution in [2.75, 3.05) is 12.4 Å². The highest BCUT2D eigenvalue weighted by molar-refractivity contribution is 5.80. The van der Waals surface area contributed by atoms with E-state index < -0.39 is 0 Å². The molecule has 2 aromatic heterocycles. The standard InChI is InChI=1S/C21H21N5O/c1-13-9-10-16-18(11-13)24-21(26-15(3)12-14(2)25-26)20(22-16)23-17-7-5-6-8-19(17)27-4/h5-12H,1-4H3,(H,22,23). The number of nitrogens with zero attached hydrogens (tertiary/aromatic N) is 4. The number of nitrogens with one attached hydrogen (secondary N) is 1. The molecule has 0 radical (unpaired) electrons. The number of rotatable bonds is 4. The summed E-state index contributed by atoms with van der Waals surface area (Å²) in [5.74, 6) is 2.02. The normalized spacial score (nSPS) is 11.0. The van der Waals surface area contributed by atoms with Crippen LogP contribution >= 0.6 is 0 Å². The summed E-state index contributed by atoms with van der Waals surface area (Å²) in [6.45, 7) is 6.02. The van der Waals surface area contributed by atoms with Crippen molar-refractivity contribution in [1.82, 2.24) is 19.7 Å². The SMILES string of the molecule is COc1ccccc1Nc1nc2ccc(C)cc2nc1-n1nc(C)cc1C. The third kappa shape index (κ3) is 3.21. The summed E-state index contributed by atoms with van der Waals surface area (Å²) in [5.41, 5.74) is 5.55. The first-order valence-corrected chi connectivity index (χ1v) is 8.77. The molecule has 4 rings (SSSR count). The van der Waals surface area contributed by atoms with Gasteiger partial charge in [-0.1, -0.05) is 18.2 Å². The number of benzene rings is 2. The van der Waals surface area contributed by atoms with E-state index in [1.54, 1.807) is 7.11 Å². The van der Waals surface area contributed by atoms with E-state index in [1.165, 1.54) is 0 Å². The topological polar surface area (TPSA) is 64.9 Å². The average Bonchev–Trinajstić information content (AvgIpc) is 3.00. The van der Waals surface area contributed by atoms with Gasteiger partial charge in [-0.3, -0.25) is 0 Å². The molecule has 136 valence electrons. The summed E-state index contributed by atoms with van der Waals surface area (Å²) in [7, 11) is 1.65. The van der Waals surface area contributed by atoms with Crippen LogP contribution in [0.1, 0.15) is 17.0 Å². The molecule has 0 saturated heterocycles. The molecular weight excluding hydrogens is 338 g/mol. The lowest BCUT2D eigenvalue weighted by Crippen LogP contribution is -2.09. The van der Waals surface area contributed by atoms with Crippen LogP contribution in [0.15, 0.2) is 48.5 Å². The van der Waals surface area contributed by atoms with E-state index in [9.17, 15) is 0 Å². The van der Waals surface area contributed by atoms with Crippen molar-refractivity contribution in [1.29, 1.82) is 0 Å². The molecule has 0 aliphatic carbocycles. The first kappa shape index (κ1) is 17.0. The summed E-state index contributed by atoms with van der Waals surface area (Å²) in [5, 5.41) is 7.97. The zero-order valence-electron chi connectivity index (χ0n) is 15.8. The Balaban J connectivity index is 1.93. The Morgan fingerprint density at radius 2 is 1.74 bits per heavy atom. The Hall–Kier alpha value is -3.41. The van der Waals surface area contributed by atoms with Crippen molar-refractivity contribution in [2.24, 2.45) is 0 Å². The van der Waals surface area contributed by atoms with Crippen molar-refractivity contribution in [3.8, 4) is 11.6 Å². The van der Waals surface area contributed by atoms with E-state index in [0.717, 1.165) is 39.4 Å². The number of anilines is 2. The van der Waals surface area contributed by atoms with E-state index in [-0.39, 0.29) is 0 Å². The van der Waals surface area contributed by atoms with Crippen LogP contribution in [0.4, 0.5) is 11.5 Å². The Morgan fingerprint density at radius 1 is 0.926 bits per heavy atom. The highest BCUT2D eigenvalue weighted by atomic mass is 16.5. The van der Waals surface area contributed by atoms with Crippen LogP contribution < -0.4 is 10.1 Å². The number of aryl methyl sites for hydroxylation is 3. The maximum absolute atomic E-state index is 5.46. The second kappa shape index (κ2) is 6.72. The summed E-state index contributed by atoms with van der Waals surface area (Å²) in [4.78, 5) is 9.69. The van der Waals surface area contributed by atoms with Crippen LogP contribution in [-0.4, -0.2) is 26.9 Å². The van der Waals surface area contributed by atoms with Gasteiger partial charge >= 0.3 is 0 Å². The molecule has 2 heterocycles. The van der Waals surface area contributed by atoms with Gasteiger partial charge in [0.2, 0.25) is 0 Å². The highest BCUT2D eigenvalue weighted by Crippen LogP contribution is 2.30. The van der Waals surface area contributed by atoms with Gasteiger partial charge in [-0.2, -0.15) is 5.10 Å². The minimum Gasteiger partial charge on any atom is -0.495 e. The van der Waals surface area contributed by atoms with E-state index in [0.29, 0.717) is 11.6 Å². The lowest BCUT2D eigenvalue weighted by atomic mass is 10.2. The smallest absolute Gasteiger partial charge is 0.197 e. The molecule has 0 fully saturated rings. The number of hydrogen-bond acceptors (Lipinski definition) is 5. The Kier molecular flexibility index (Phi) is 4.24. The Bertz CT molecular complexity index is 1130. The van der Waals surface area contributed by atoms with Crippen LogP contribution in [0, 0.1) is 20.8 Å². The summed E-state index contributed by atoms with van der Waals surface area (Å²) in [6.07, 6.45) is 0. The van der Waals surface area contributed by atoms with Gasteiger partial charge in [0.05, 0.1) is 29.5 Å². The second-order valence-corrected chi connectivity index (χ2v) is 6.55. The molecule has 0 unspecified atom stereocenters. The van der Waals surface area contributed by atoms with Gasteiger partial charge in [0.15, 0.2) is 11.6 Å². The first-order chi connectivity index (χ1) is 13.0. The third-order valence-electron chi connectivity index (χ3n) is 4.37. The predicted molar refractivity (Wildman–Crippen MR) is 107 cm³/mol. The molecular formula is C21H21N5O. The number of hydrogen-bond donors (Lipinski definition) is 1. The maximum atomic E-state index is 5.46. The van der Waals surface area contributed by atoms with Gasteiger partial charge in [-0.05, 0) is 56.7 Å². The predicted octanol–water partition coefficient (Wildman–Crippen LogP) is 4.49. The first-order valence-electron chi connectivity index (χ1n) is 8.77. The molecule has 0 atom stereocenters. The van der Waals surface area contributed by atoms with E-state index in [1.807, 2.05) is 74.0 Å². The van der Waals surface area contributed by atoms with Crippen LogP contribution in [0.2, 0.25) is 0 Å². The zero-order valence-corrected chi connectivity index (χ0v) is 15.8. The van der Waals surface area contributed by atoms with Crippen LogP contribution in [0.3, 0.4) is 0 Å². The third-order valence-corrected chi connectivity index (χ3v) is 4.37. The summed E-state index contributed by atoms with van der Waals surface area (Å²) < 4.78 is 7.28. The van der Waals surface area contributed by atoms with Gasteiger partial charge in [-0.15, -0.1) is 0 Å². The lowest BCUT2D eigenvalue weighted by Gasteiger charge is -2.15. The molecule has 27 heavy (non-hydrogen) atoms. The molecule has 0 aliphatic heterocycles. The van der Waals surface area contributed by atoms with E-state index in [2.05, 4.69) is 10.4 Å². The van der Waals surface area contributed by atoms with Gasteiger partial charge in [-0.25, -0.2) is 14.6 Å². The number of methoxy groups -OCH3 is 1. The number of fused-ring (bicyclic) bond motifs is 1. The van der Waals surface area contributed by atoms with Crippen LogP contribution in [0.5, 0.6) is 5.75 Å². The molecule has 4 aromatic rings. The van der Waals surface area contributed by atoms with Crippen LogP contribution in [-0.2, 0) is 0 Å². The molecule has 0 amide bonds. The fourth-order valence-corrected chi connectivity index (χ4v) is 3.11. The highest BCUT2D eigenvalue weighted by Gasteiger charge is 2.16. The second-order valence-electron chi connectivity index (χ2n) is 6.55. The van der Waals surface area contributed by atoms with Gasteiger partial charge in [0.1, 0.15) is 5.75 Å². The summed E-state index contributed by atoms with van der Waals surface area (Å²) >= 11 is 0. The van der Waals surface area contributed by atoms with Crippen molar-refractivity contribution >= 4 is 22.5 Å². The molecule has 6 heteroatoms. The Morgan fingerprint density at radius 3 is 2.48 bits per heavy atom. The summed E-state index contributed by atoms with van der Waals surface area (Å²) in [6, 6.07) is 15.8. The number of ether oxygens (including phenoxy) is 1. The molecule has 0 aliphatic rings. The number of aromatic nitrogens is 4. The monoisotopic (exact) mass is 359 g/mol. The molecule has 6 nitrogen and oxygen atoms in total. The molecule has 0 saturated carbocycles. The van der Waals surface area contributed by atoms with Gasteiger partial charge < -0.3 is 10.1 Å². The molecule has 0 spiro atoms. The Labute approximate surface area is 157 Å². The van der Waals surface area contributed by atoms with Crippen molar-refractivity contribution in [2.45, 2.75) is 20.8 Å². The molecule has 0 bridgehead atoms. The molecule has 1 N–H and O–H groups in total. The molecule has 2 aromatic carbocycles. The fourth-order valence-electron chi connectivity index (χ4n) is 3.11. The number of para-hydroxylation sites is 2. The van der Waals surface area contributed by atoms with Crippen molar-refractivity contribution in [3.05, 3.63) is 65.5 Å². The van der Waals surface area contributed by atoms with E-state index >= 15 is 0 Å². The fraction of sp³-hybridized carbons (Fsp3) is 0.190. The lowest BCUT2D eigenvalue weighted by molar-refractivity contribution is 0.417. The zero-order chi connectivity index (χ0) is 19.0.